The summed E-state index contributed by atoms with van der Waals surface area (Å²) >= 11 is 1.42. The average molecular weight is 281 g/mol. The second-order valence-corrected chi connectivity index (χ2v) is 6.34. The van der Waals surface area contributed by atoms with E-state index in [2.05, 4.69) is 4.98 Å². The summed E-state index contributed by atoms with van der Waals surface area (Å²) in [6.07, 6.45) is 1.59. The minimum atomic E-state index is -0.727. The second-order valence-electron chi connectivity index (χ2n) is 5.43. The van der Waals surface area contributed by atoms with Crippen LogP contribution in [0, 0.1) is 0 Å². The molecule has 6 heteroatoms. The summed E-state index contributed by atoms with van der Waals surface area (Å²) in [5.74, 6) is 0. The van der Waals surface area contributed by atoms with E-state index in [1.165, 1.54) is 11.3 Å². The molecule has 0 radical (unpaired) electrons. The fourth-order valence-electron chi connectivity index (χ4n) is 2.06. The van der Waals surface area contributed by atoms with Crippen molar-refractivity contribution in [3.05, 3.63) is 28.1 Å². The van der Waals surface area contributed by atoms with E-state index in [4.69, 9.17) is 0 Å². The molecule has 1 N–H and O–H groups in total. The Morgan fingerprint density at radius 3 is 2.95 bits per heavy atom. The Labute approximate surface area is 116 Å². The van der Waals surface area contributed by atoms with E-state index in [1.54, 1.807) is 24.7 Å². The van der Waals surface area contributed by atoms with Gasteiger partial charge in [-0.3, -0.25) is 9.36 Å². The molecule has 5 nitrogen and oxygen atoms in total. The topological polar surface area (TPSA) is 58.4 Å². The van der Waals surface area contributed by atoms with Crippen molar-refractivity contribution in [2.24, 2.45) is 0 Å². The van der Waals surface area contributed by atoms with E-state index in [0.717, 1.165) is 5.52 Å². The minimum Gasteiger partial charge on any atom is -0.389 e. The highest BCUT2D eigenvalue weighted by molar-refractivity contribution is 7.17. The smallest absolute Gasteiger partial charge is 0.271 e. The summed E-state index contributed by atoms with van der Waals surface area (Å²) < 4.78 is 2.33. The number of rotatable bonds is 5. The van der Waals surface area contributed by atoms with Crippen LogP contribution < -0.4 is 5.56 Å². The number of nitrogens with zero attached hydrogens (tertiary/aromatic N) is 3. The highest BCUT2D eigenvalue weighted by atomic mass is 32.1. The summed E-state index contributed by atoms with van der Waals surface area (Å²) in [4.78, 5) is 18.4. The number of likely N-dealkylation sites (N-methyl/N-ethyl adjacent to an activating group) is 1. The van der Waals surface area contributed by atoms with Gasteiger partial charge in [0.15, 0.2) is 0 Å². The maximum atomic E-state index is 12.2. The molecular formula is C13H19N3O2S. The first-order valence-electron chi connectivity index (χ1n) is 6.20. The minimum absolute atomic E-state index is 0.0108. The molecule has 0 aliphatic carbocycles. The molecule has 2 aromatic heterocycles. The number of hydrogen-bond donors (Lipinski definition) is 1. The van der Waals surface area contributed by atoms with Crippen LogP contribution in [0.1, 0.15) is 13.8 Å². The molecule has 2 rings (SSSR count). The predicted molar refractivity (Wildman–Crippen MR) is 77.7 cm³/mol. The Balaban J connectivity index is 2.06. The van der Waals surface area contributed by atoms with Gasteiger partial charge in [0.1, 0.15) is 4.70 Å². The zero-order valence-electron chi connectivity index (χ0n) is 11.5. The summed E-state index contributed by atoms with van der Waals surface area (Å²) in [7, 11) is 1.93. The van der Waals surface area contributed by atoms with Gasteiger partial charge in [0.05, 0.1) is 17.4 Å². The van der Waals surface area contributed by atoms with Gasteiger partial charge in [0.2, 0.25) is 0 Å². The zero-order valence-corrected chi connectivity index (χ0v) is 12.3. The third-order valence-corrected chi connectivity index (χ3v) is 3.71. The van der Waals surface area contributed by atoms with Gasteiger partial charge in [0, 0.05) is 19.6 Å². The molecule has 0 fully saturated rings. The van der Waals surface area contributed by atoms with Gasteiger partial charge in [-0.2, -0.15) is 0 Å². The molecule has 0 spiro atoms. The molecule has 0 bridgehead atoms. The molecule has 0 saturated carbocycles. The van der Waals surface area contributed by atoms with Gasteiger partial charge in [-0.25, -0.2) is 4.98 Å². The molecule has 19 heavy (non-hydrogen) atoms. The summed E-state index contributed by atoms with van der Waals surface area (Å²) in [5.41, 5.74) is 0.0445. The summed E-state index contributed by atoms with van der Waals surface area (Å²) in [6, 6.07) is 1.85. The summed E-state index contributed by atoms with van der Waals surface area (Å²) in [6.45, 7) is 5.38. The van der Waals surface area contributed by atoms with Crippen LogP contribution >= 0.6 is 11.3 Å². The molecule has 0 aliphatic rings. The van der Waals surface area contributed by atoms with Gasteiger partial charge in [-0.05, 0) is 32.3 Å². The lowest BCUT2D eigenvalue weighted by Gasteiger charge is -2.25. The van der Waals surface area contributed by atoms with E-state index in [0.29, 0.717) is 24.3 Å². The SMILES string of the molecule is CN(CCn1cnc2ccsc2c1=O)CC(C)(C)O. The Hall–Kier alpha value is -1.24. The van der Waals surface area contributed by atoms with Crippen LogP contribution in [0.5, 0.6) is 0 Å². The van der Waals surface area contributed by atoms with Gasteiger partial charge < -0.3 is 10.0 Å². The van der Waals surface area contributed by atoms with Gasteiger partial charge in [0.25, 0.3) is 5.56 Å². The zero-order chi connectivity index (χ0) is 14.0. The Kier molecular flexibility index (Phi) is 4.03. The lowest BCUT2D eigenvalue weighted by molar-refractivity contribution is 0.0436. The Morgan fingerprint density at radius 1 is 1.53 bits per heavy atom. The molecule has 0 atom stereocenters. The number of thiophene rings is 1. The molecule has 0 saturated heterocycles. The fraction of sp³-hybridized carbons (Fsp3) is 0.538. The number of hydrogen-bond acceptors (Lipinski definition) is 5. The third kappa shape index (κ3) is 3.62. The predicted octanol–water partition coefficient (Wildman–Crippen LogP) is 1.16. The van der Waals surface area contributed by atoms with Crippen molar-refractivity contribution in [3.63, 3.8) is 0 Å². The van der Waals surface area contributed by atoms with Gasteiger partial charge >= 0.3 is 0 Å². The number of fused-ring (bicyclic) bond motifs is 1. The fourth-order valence-corrected chi connectivity index (χ4v) is 2.85. The first-order valence-corrected chi connectivity index (χ1v) is 7.08. The summed E-state index contributed by atoms with van der Waals surface area (Å²) in [5, 5.41) is 11.6. The largest absolute Gasteiger partial charge is 0.389 e. The van der Waals surface area contributed by atoms with Crippen molar-refractivity contribution in [2.75, 3.05) is 20.1 Å². The molecule has 0 aliphatic heterocycles. The van der Waals surface area contributed by atoms with Crippen LogP contribution in [-0.4, -0.2) is 45.3 Å². The van der Waals surface area contributed by atoms with Crippen LogP contribution in [0.4, 0.5) is 0 Å². The normalized spacial score (nSPS) is 12.5. The van der Waals surface area contributed by atoms with Crippen LogP contribution in [0.3, 0.4) is 0 Å². The lowest BCUT2D eigenvalue weighted by Crippen LogP contribution is -2.38. The first kappa shape index (κ1) is 14.2. The van der Waals surface area contributed by atoms with Crippen molar-refractivity contribution >= 4 is 21.6 Å². The highest BCUT2D eigenvalue weighted by Crippen LogP contribution is 2.13. The molecule has 0 unspecified atom stereocenters. The van der Waals surface area contributed by atoms with Crippen molar-refractivity contribution in [3.8, 4) is 0 Å². The van der Waals surface area contributed by atoms with Gasteiger partial charge in [-0.1, -0.05) is 0 Å². The molecule has 0 amide bonds. The third-order valence-electron chi connectivity index (χ3n) is 2.82. The number of aromatic nitrogens is 2. The van der Waals surface area contributed by atoms with E-state index in [-0.39, 0.29) is 5.56 Å². The van der Waals surface area contributed by atoms with Crippen molar-refractivity contribution in [1.82, 2.24) is 14.5 Å². The molecule has 2 aromatic rings. The lowest BCUT2D eigenvalue weighted by atomic mass is 10.1. The van der Waals surface area contributed by atoms with Crippen molar-refractivity contribution in [2.45, 2.75) is 26.0 Å². The monoisotopic (exact) mass is 281 g/mol. The van der Waals surface area contributed by atoms with Crippen LogP contribution in [0.2, 0.25) is 0 Å². The molecule has 2 heterocycles. The standard InChI is InChI=1S/C13H19N3O2S/c1-13(2,18)8-15(3)5-6-16-9-14-10-4-7-19-11(10)12(16)17/h4,7,9,18H,5-6,8H2,1-3H3. The second kappa shape index (κ2) is 5.40. The maximum Gasteiger partial charge on any atom is 0.271 e. The molecule has 104 valence electrons. The average Bonchev–Trinajstić information content (AvgIpc) is 2.74. The van der Waals surface area contributed by atoms with Crippen molar-refractivity contribution in [1.29, 1.82) is 0 Å². The molecular weight excluding hydrogens is 262 g/mol. The van der Waals surface area contributed by atoms with Crippen LogP contribution in [0.25, 0.3) is 10.2 Å². The highest BCUT2D eigenvalue weighted by Gasteiger charge is 2.15. The van der Waals surface area contributed by atoms with Crippen molar-refractivity contribution < 1.29 is 5.11 Å². The van der Waals surface area contributed by atoms with E-state index in [1.807, 2.05) is 23.4 Å². The Bertz CT molecular complexity index is 612. The van der Waals surface area contributed by atoms with Gasteiger partial charge in [-0.15, -0.1) is 11.3 Å². The van der Waals surface area contributed by atoms with Crippen LogP contribution in [-0.2, 0) is 6.54 Å². The van der Waals surface area contributed by atoms with Crippen LogP contribution in [0.15, 0.2) is 22.6 Å². The van der Waals surface area contributed by atoms with E-state index in [9.17, 15) is 9.90 Å². The quantitative estimate of drug-likeness (QED) is 0.893. The number of aliphatic hydroxyl groups is 1. The molecule has 0 aromatic carbocycles. The van der Waals surface area contributed by atoms with E-state index >= 15 is 0 Å². The Morgan fingerprint density at radius 2 is 2.26 bits per heavy atom. The maximum absolute atomic E-state index is 12.2. The first-order chi connectivity index (χ1) is 8.87. The van der Waals surface area contributed by atoms with E-state index < -0.39 is 5.60 Å².